The quantitative estimate of drug-likeness (QED) is 0.627. The summed E-state index contributed by atoms with van der Waals surface area (Å²) in [6.45, 7) is 0. The van der Waals surface area contributed by atoms with E-state index in [2.05, 4.69) is 15.2 Å². The Morgan fingerprint density at radius 1 is 1.35 bits per heavy atom. The maximum absolute atomic E-state index is 5.26. The molecule has 0 amide bonds. The summed E-state index contributed by atoms with van der Waals surface area (Å²) in [5, 5.41) is 9.05. The van der Waals surface area contributed by atoms with Crippen molar-refractivity contribution in [3.8, 4) is 16.3 Å². The Labute approximate surface area is 102 Å². The van der Waals surface area contributed by atoms with Gasteiger partial charge in [-0.1, -0.05) is 23.5 Å². The van der Waals surface area contributed by atoms with Crippen LogP contribution in [0.2, 0.25) is 0 Å². The van der Waals surface area contributed by atoms with Crippen LogP contribution >= 0.6 is 11.3 Å². The van der Waals surface area contributed by atoms with E-state index in [1.807, 2.05) is 24.3 Å². The first-order valence-corrected chi connectivity index (χ1v) is 5.58. The lowest BCUT2D eigenvalue weighted by atomic mass is 10.2. The Hall–Kier alpha value is -2.15. The number of hydrogen-bond acceptors (Lipinski definition) is 5. The Balaban J connectivity index is 2.33. The molecule has 0 aliphatic carbocycles. The SMILES string of the molecule is COc1cccc(-c2nnc(N=C(N)N)s2)c1. The molecule has 7 heteroatoms. The summed E-state index contributed by atoms with van der Waals surface area (Å²) in [6, 6.07) is 7.54. The number of nitrogens with zero attached hydrogens (tertiary/aromatic N) is 3. The van der Waals surface area contributed by atoms with E-state index in [0.29, 0.717) is 5.13 Å². The molecule has 2 aromatic rings. The summed E-state index contributed by atoms with van der Waals surface area (Å²) < 4.78 is 5.14. The third kappa shape index (κ3) is 2.70. The average Bonchev–Trinajstić information content (AvgIpc) is 2.77. The highest BCUT2D eigenvalue weighted by Gasteiger charge is 2.06. The van der Waals surface area contributed by atoms with Gasteiger partial charge in [0.15, 0.2) is 5.96 Å². The molecule has 0 atom stereocenters. The van der Waals surface area contributed by atoms with Crippen molar-refractivity contribution in [3.05, 3.63) is 24.3 Å². The summed E-state index contributed by atoms with van der Waals surface area (Å²) >= 11 is 1.31. The molecular weight excluding hydrogens is 238 g/mol. The minimum absolute atomic E-state index is 0.0293. The fourth-order valence-electron chi connectivity index (χ4n) is 1.24. The normalized spacial score (nSPS) is 9.94. The zero-order valence-corrected chi connectivity index (χ0v) is 9.94. The topological polar surface area (TPSA) is 99.4 Å². The number of aromatic nitrogens is 2. The highest BCUT2D eigenvalue weighted by Crippen LogP contribution is 2.29. The van der Waals surface area contributed by atoms with E-state index < -0.39 is 0 Å². The third-order valence-electron chi connectivity index (χ3n) is 1.96. The molecule has 2 rings (SSSR count). The molecule has 0 saturated heterocycles. The number of aliphatic imine (C=N–C) groups is 1. The van der Waals surface area contributed by atoms with Crippen LogP contribution in [-0.4, -0.2) is 23.3 Å². The molecule has 0 aliphatic heterocycles. The Morgan fingerprint density at radius 2 is 2.18 bits per heavy atom. The van der Waals surface area contributed by atoms with E-state index in [-0.39, 0.29) is 5.96 Å². The number of ether oxygens (including phenoxy) is 1. The smallest absolute Gasteiger partial charge is 0.235 e. The second kappa shape index (κ2) is 4.79. The molecule has 1 heterocycles. The van der Waals surface area contributed by atoms with Gasteiger partial charge in [-0.25, -0.2) is 0 Å². The van der Waals surface area contributed by atoms with Crippen molar-refractivity contribution >= 4 is 22.4 Å². The third-order valence-corrected chi connectivity index (χ3v) is 2.82. The zero-order valence-electron chi connectivity index (χ0n) is 9.12. The molecule has 1 aromatic heterocycles. The predicted molar refractivity (Wildman–Crippen MR) is 67.4 cm³/mol. The van der Waals surface area contributed by atoms with Gasteiger partial charge in [0.05, 0.1) is 7.11 Å². The number of hydrogen-bond donors (Lipinski definition) is 2. The number of methoxy groups -OCH3 is 1. The first-order valence-electron chi connectivity index (χ1n) is 4.76. The van der Waals surface area contributed by atoms with Crippen molar-refractivity contribution in [2.24, 2.45) is 16.5 Å². The van der Waals surface area contributed by atoms with Crippen molar-refractivity contribution in [2.75, 3.05) is 7.11 Å². The van der Waals surface area contributed by atoms with E-state index in [1.165, 1.54) is 11.3 Å². The van der Waals surface area contributed by atoms with E-state index in [0.717, 1.165) is 16.3 Å². The molecule has 88 valence electrons. The molecule has 1 aromatic carbocycles. The molecule has 0 unspecified atom stereocenters. The molecule has 0 bridgehead atoms. The maximum atomic E-state index is 5.26. The maximum Gasteiger partial charge on any atom is 0.235 e. The van der Waals surface area contributed by atoms with E-state index >= 15 is 0 Å². The van der Waals surface area contributed by atoms with Crippen LogP contribution < -0.4 is 16.2 Å². The molecule has 0 radical (unpaired) electrons. The number of rotatable bonds is 3. The van der Waals surface area contributed by atoms with Crippen molar-refractivity contribution in [3.63, 3.8) is 0 Å². The van der Waals surface area contributed by atoms with Crippen LogP contribution in [0.15, 0.2) is 29.3 Å². The van der Waals surface area contributed by atoms with Gasteiger partial charge >= 0.3 is 0 Å². The molecule has 0 spiro atoms. The molecular formula is C10H11N5OS. The van der Waals surface area contributed by atoms with Crippen LogP contribution in [0.1, 0.15) is 0 Å². The molecule has 0 fully saturated rings. The summed E-state index contributed by atoms with van der Waals surface area (Å²) in [6.07, 6.45) is 0. The minimum atomic E-state index is -0.0293. The number of guanidine groups is 1. The summed E-state index contributed by atoms with van der Waals surface area (Å²) in [5.74, 6) is 0.736. The summed E-state index contributed by atoms with van der Waals surface area (Å²) in [7, 11) is 1.62. The lowest BCUT2D eigenvalue weighted by molar-refractivity contribution is 0.415. The van der Waals surface area contributed by atoms with Gasteiger partial charge in [0.1, 0.15) is 10.8 Å². The van der Waals surface area contributed by atoms with Crippen LogP contribution in [0, 0.1) is 0 Å². The van der Waals surface area contributed by atoms with E-state index in [4.69, 9.17) is 16.2 Å². The standard InChI is InChI=1S/C10H11N5OS/c1-16-7-4-2-3-6(5-7)8-14-15-10(17-8)13-9(11)12/h2-5H,1H3,(H4,11,12,13,15). The van der Waals surface area contributed by atoms with Gasteiger partial charge < -0.3 is 16.2 Å². The van der Waals surface area contributed by atoms with Crippen LogP contribution in [-0.2, 0) is 0 Å². The molecule has 17 heavy (non-hydrogen) atoms. The highest BCUT2D eigenvalue weighted by molar-refractivity contribution is 7.18. The van der Waals surface area contributed by atoms with Gasteiger partial charge in [-0.3, -0.25) is 0 Å². The minimum Gasteiger partial charge on any atom is -0.497 e. The van der Waals surface area contributed by atoms with Crippen LogP contribution in [0.25, 0.3) is 10.6 Å². The molecule has 0 aliphatic rings. The van der Waals surface area contributed by atoms with Crippen LogP contribution in [0.4, 0.5) is 5.13 Å². The number of nitrogens with two attached hydrogens (primary N) is 2. The highest BCUT2D eigenvalue weighted by atomic mass is 32.1. The predicted octanol–water partition coefficient (Wildman–Crippen LogP) is 1.12. The summed E-state index contributed by atoms with van der Waals surface area (Å²) in [4.78, 5) is 3.83. The molecule has 0 saturated carbocycles. The number of benzene rings is 1. The monoisotopic (exact) mass is 249 g/mol. The average molecular weight is 249 g/mol. The van der Waals surface area contributed by atoms with Gasteiger partial charge in [-0.15, -0.1) is 10.2 Å². The second-order valence-corrected chi connectivity index (χ2v) is 4.11. The fourth-order valence-corrected chi connectivity index (χ4v) is 1.98. The molecule has 4 N–H and O–H groups in total. The van der Waals surface area contributed by atoms with E-state index in [9.17, 15) is 0 Å². The van der Waals surface area contributed by atoms with Gasteiger partial charge in [0, 0.05) is 5.56 Å². The molecule has 6 nitrogen and oxygen atoms in total. The van der Waals surface area contributed by atoms with Gasteiger partial charge in [-0.2, -0.15) is 4.99 Å². The van der Waals surface area contributed by atoms with Crippen LogP contribution in [0.3, 0.4) is 0 Å². The van der Waals surface area contributed by atoms with Gasteiger partial charge in [0.25, 0.3) is 0 Å². The van der Waals surface area contributed by atoms with Gasteiger partial charge in [-0.05, 0) is 12.1 Å². The first-order chi connectivity index (χ1) is 8.19. The van der Waals surface area contributed by atoms with Gasteiger partial charge in [0.2, 0.25) is 5.13 Å². The fraction of sp³-hybridized carbons (Fsp3) is 0.100. The van der Waals surface area contributed by atoms with Crippen molar-refractivity contribution in [2.45, 2.75) is 0 Å². The lowest BCUT2D eigenvalue weighted by Gasteiger charge is -2.00. The Kier molecular flexibility index (Phi) is 3.20. The zero-order chi connectivity index (χ0) is 12.3. The summed E-state index contributed by atoms with van der Waals surface area (Å²) in [5.41, 5.74) is 11.4. The second-order valence-electron chi connectivity index (χ2n) is 3.16. The Bertz CT molecular complexity index is 547. The van der Waals surface area contributed by atoms with Crippen molar-refractivity contribution in [1.82, 2.24) is 10.2 Å². The first kappa shape index (κ1) is 11.3. The van der Waals surface area contributed by atoms with Crippen molar-refractivity contribution in [1.29, 1.82) is 0 Å². The largest absolute Gasteiger partial charge is 0.497 e. The Morgan fingerprint density at radius 3 is 2.88 bits per heavy atom. The van der Waals surface area contributed by atoms with Crippen molar-refractivity contribution < 1.29 is 4.74 Å². The lowest BCUT2D eigenvalue weighted by Crippen LogP contribution is -2.21. The van der Waals surface area contributed by atoms with E-state index in [1.54, 1.807) is 7.11 Å². The van der Waals surface area contributed by atoms with Crippen LogP contribution in [0.5, 0.6) is 5.75 Å².